The lowest BCUT2D eigenvalue weighted by Gasteiger charge is -2.33. The quantitative estimate of drug-likeness (QED) is 0.197. The number of nitro benzene ring substituents is 1. The van der Waals surface area contributed by atoms with Gasteiger partial charge in [-0.25, -0.2) is 8.42 Å². The van der Waals surface area contributed by atoms with E-state index in [1.54, 1.807) is 31.2 Å². The Morgan fingerprint density at radius 3 is 2.26 bits per heavy atom. The average molecular weight is 565 g/mol. The Bertz CT molecular complexity index is 1250. The maximum Gasteiger partial charge on any atom is 0.271 e. The van der Waals surface area contributed by atoms with Crippen LogP contribution in [0.5, 0.6) is 11.5 Å². The van der Waals surface area contributed by atoms with E-state index in [0.717, 1.165) is 29.5 Å². The van der Waals surface area contributed by atoms with Crippen LogP contribution in [0.2, 0.25) is 0 Å². The largest absolute Gasteiger partial charge is 0.497 e. The van der Waals surface area contributed by atoms with Crippen molar-refractivity contribution in [2.24, 2.45) is 0 Å². The number of anilines is 1. The van der Waals surface area contributed by atoms with Gasteiger partial charge >= 0.3 is 0 Å². The predicted molar refractivity (Wildman–Crippen MR) is 147 cm³/mol. The molecule has 0 aliphatic heterocycles. The molecule has 2 rings (SSSR count). The first-order valence-electron chi connectivity index (χ1n) is 12.5. The van der Waals surface area contributed by atoms with Gasteiger partial charge in [-0.2, -0.15) is 0 Å². The van der Waals surface area contributed by atoms with Gasteiger partial charge in [0.2, 0.25) is 21.8 Å². The Hall–Kier alpha value is -3.87. The average Bonchev–Trinajstić information content (AvgIpc) is 2.90. The van der Waals surface area contributed by atoms with Crippen LogP contribution in [0.3, 0.4) is 0 Å². The summed E-state index contributed by atoms with van der Waals surface area (Å²) in [6, 6.07) is 9.53. The Balaban J connectivity index is 2.52. The van der Waals surface area contributed by atoms with Gasteiger partial charge in [0, 0.05) is 25.2 Å². The van der Waals surface area contributed by atoms with Crippen LogP contribution in [-0.2, 0) is 26.2 Å². The molecule has 2 aromatic rings. The molecule has 12 nitrogen and oxygen atoms in total. The van der Waals surface area contributed by atoms with Crippen LogP contribution in [0.15, 0.2) is 42.5 Å². The van der Waals surface area contributed by atoms with Gasteiger partial charge in [-0.3, -0.25) is 24.0 Å². The Morgan fingerprint density at radius 1 is 1.08 bits per heavy atom. The molecule has 2 amide bonds. The standard InChI is InChI=1S/C26H36N4O8S/c1-6-8-15-27-26(32)22(7-2)28(17-19-9-12-21(37-3)13-10-19)25(31)18-29(39(5,35)36)23-16-20(30(33)34)11-14-24(23)38-4/h9-14,16,22H,6-8,15,17-18H2,1-5H3,(H,27,32). The van der Waals surface area contributed by atoms with Gasteiger partial charge in [0.25, 0.3) is 5.69 Å². The van der Waals surface area contributed by atoms with Crippen molar-refractivity contribution in [3.8, 4) is 11.5 Å². The minimum Gasteiger partial charge on any atom is -0.497 e. The highest BCUT2D eigenvalue weighted by molar-refractivity contribution is 7.92. The summed E-state index contributed by atoms with van der Waals surface area (Å²) >= 11 is 0. The van der Waals surface area contributed by atoms with E-state index in [0.29, 0.717) is 17.9 Å². The smallest absolute Gasteiger partial charge is 0.271 e. The van der Waals surface area contributed by atoms with Crippen molar-refractivity contribution >= 4 is 33.2 Å². The molecule has 2 aromatic carbocycles. The Labute approximate surface area is 229 Å². The van der Waals surface area contributed by atoms with Gasteiger partial charge in [0.1, 0.15) is 29.8 Å². The van der Waals surface area contributed by atoms with Gasteiger partial charge in [0.05, 0.1) is 25.4 Å². The van der Waals surface area contributed by atoms with E-state index < -0.39 is 33.4 Å². The summed E-state index contributed by atoms with van der Waals surface area (Å²) in [5, 5.41) is 14.2. The second kappa shape index (κ2) is 14.3. The molecule has 1 unspecified atom stereocenters. The van der Waals surface area contributed by atoms with Gasteiger partial charge < -0.3 is 19.7 Å². The number of hydrogen-bond acceptors (Lipinski definition) is 8. The molecular weight excluding hydrogens is 528 g/mol. The number of nitro groups is 1. The van der Waals surface area contributed by atoms with Gasteiger partial charge in [-0.15, -0.1) is 0 Å². The van der Waals surface area contributed by atoms with E-state index in [2.05, 4.69) is 5.32 Å². The van der Waals surface area contributed by atoms with Crippen LogP contribution in [0.25, 0.3) is 0 Å². The fourth-order valence-corrected chi connectivity index (χ4v) is 4.78. The van der Waals surface area contributed by atoms with E-state index in [1.807, 2.05) is 6.92 Å². The maximum atomic E-state index is 13.8. The van der Waals surface area contributed by atoms with Crippen LogP contribution in [0.4, 0.5) is 11.4 Å². The zero-order valence-electron chi connectivity index (χ0n) is 22.9. The number of sulfonamides is 1. The number of hydrogen-bond donors (Lipinski definition) is 1. The lowest BCUT2D eigenvalue weighted by Crippen LogP contribution is -2.52. The topological polar surface area (TPSA) is 148 Å². The Kier molecular flexibility index (Phi) is 11.5. The van der Waals surface area contributed by atoms with Crippen molar-refractivity contribution < 1.29 is 32.4 Å². The highest BCUT2D eigenvalue weighted by Crippen LogP contribution is 2.34. The minimum absolute atomic E-state index is 0.0200. The number of nitrogens with one attached hydrogen (secondary N) is 1. The summed E-state index contributed by atoms with van der Waals surface area (Å²) in [5.74, 6) is -0.374. The summed E-state index contributed by atoms with van der Waals surface area (Å²) in [5.41, 5.74) is 0.166. The molecule has 214 valence electrons. The monoisotopic (exact) mass is 564 g/mol. The van der Waals surface area contributed by atoms with Crippen molar-refractivity contribution in [3.63, 3.8) is 0 Å². The molecular formula is C26H36N4O8S. The number of carbonyl (C=O) groups is 2. The molecule has 0 radical (unpaired) electrons. The van der Waals surface area contributed by atoms with Gasteiger partial charge in [-0.05, 0) is 36.6 Å². The molecule has 0 heterocycles. The molecule has 0 spiro atoms. The van der Waals surface area contributed by atoms with Crippen molar-refractivity contribution in [2.75, 3.05) is 37.9 Å². The summed E-state index contributed by atoms with van der Waals surface area (Å²) in [6.45, 7) is 3.51. The number of ether oxygens (including phenoxy) is 2. The van der Waals surface area contributed by atoms with Crippen LogP contribution in [0, 0.1) is 10.1 Å². The number of rotatable bonds is 15. The van der Waals surface area contributed by atoms with E-state index in [4.69, 9.17) is 9.47 Å². The number of amides is 2. The summed E-state index contributed by atoms with van der Waals surface area (Å²) < 4.78 is 36.9. The third kappa shape index (κ3) is 8.57. The van der Waals surface area contributed by atoms with Crippen molar-refractivity contribution in [3.05, 3.63) is 58.1 Å². The first kappa shape index (κ1) is 31.3. The molecule has 0 saturated carbocycles. The molecule has 0 aromatic heterocycles. The molecule has 1 atom stereocenters. The number of unbranched alkanes of at least 4 members (excludes halogenated alkanes) is 1. The molecule has 1 N–H and O–H groups in total. The second-order valence-electron chi connectivity index (χ2n) is 8.82. The SMILES string of the molecule is CCCCNC(=O)C(CC)N(Cc1ccc(OC)cc1)C(=O)CN(c1cc([N+](=O)[O-])ccc1OC)S(C)(=O)=O. The van der Waals surface area contributed by atoms with E-state index in [9.17, 15) is 28.1 Å². The molecule has 0 saturated heterocycles. The number of methoxy groups -OCH3 is 2. The number of benzene rings is 2. The maximum absolute atomic E-state index is 13.8. The van der Waals surface area contributed by atoms with Crippen LogP contribution in [0.1, 0.15) is 38.7 Å². The minimum atomic E-state index is -4.11. The fourth-order valence-electron chi connectivity index (χ4n) is 3.93. The van der Waals surface area contributed by atoms with Gasteiger partial charge in [-0.1, -0.05) is 32.4 Å². The number of nitrogens with zero attached hydrogens (tertiary/aromatic N) is 3. The summed E-state index contributed by atoms with van der Waals surface area (Å²) in [4.78, 5) is 38.9. The van der Waals surface area contributed by atoms with Crippen LogP contribution >= 0.6 is 0 Å². The lowest BCUT2D eigenvalue weighted by atomic mass is 10.1. The second-order valence-corrected chi connectivity index (χ2v) is 10.7. The number of non-ortho nitro benzene ring substituents is 1. The zero-order chi connectivity index (χ0) is 29.2. The first-order valence-corrected chi connectivity index (χ1v) is 14.3. The highest BCUT2D eigenvalue weighted by atomic mass is 32.2. The summed E-state index contributed by atoms with van der Waals surface area (Å²) in [7, 11) is -1.29. The van der Waals surface area contributed by atoms with Crippen LogP contribution < -0.4 is 19.1 Å². The molecule has 39 heavy (non-hydrogen) atoms. The molecule has 0 bridgehead atoms. The molecule has 0 aliphatic carbocycles. The molecule has 13 heteroatoms. The number of carbonyl (C=O) groups excluding carboxylic acids is 2. The first-order chi connectivity index (χ1) is 18.5. The van der Waals surface area contributed by atoms with Crippen molar-refractivity contribution in [1.82, 2.24) is 10.2 Å². The zero-order valence-corrected chi connectivity index (χ0v) is 23.7. The third-order valence-corrected chi connectivity index (χ3v) is 7.18. The highest BCUT2D eigenvalue weighted by Gasteiger charge is 2.33. The van der Waals surface area contributed by atoms with Crippen molar-refractivity contribution in [1.29, 1.82) is 0 Å². The predicted octanol–water partition coefficient (Wildman–Crippen LogP) is 3.10. The van der Waals surface area contributed by atoms with Crippen LogP contribution in [-0.4, -0.2) is 69.7 Å². The van der Waals surface area contributed by atoms with E-state index >= 15 is 0 Å². The third-order valence-electron chi connectivity index (χ3n) is 6.05. The molecule has 0 fully saturated rings. The normalized spacial score (nSPS) is 11.8. The Morgan fingerprint density at radius 2 is 1.74 bits per heavy atom. The summed E-state index contributed by atoms with van der Waals surface area (Å²) in [6.07, 6.45) is 2.81. The molecule has 0 aliphatic rings. The lowest BCUT2D eigenvalue weighted by molar-refractivity contribution is -0.384. The van der Waals surface area contributed by atoms with Gasteiger partial charge in [0.15, 0.2) is 0 Å². The van der Waals surface area contributed by atoms with E-state index in [-0.39, 0.29) is 36.0 Å². The van der Waals surface area contributed by atoms with E-state index in [1.165, 1.54) is 31.3 Å². The fraction of sp³-hybridized carbons (Fsp3) is 0.462. The van der Waals surface area contributed by atoms with Crippen molar-refractivity contribution in [2.45, 2.75) is 45.7 Å².